The van der Waals surface area contributed by atoms with Gasteiger partial charge in [0.1, 0.15) is 10.8 Å². The van der Waals surface area contributed by atoms with Crippen molar-refractivity contribution in [1.29, 1.82) is 0 Å². The maximum absolute atomic E-state index is 12.9. The van der Waals surface area contributed by atoms with Gasteiger partial charge in [-0.2, -0.15) is 0 Å². The van der Waals surface area contributed by atoms with E-state index in [-0.39, 0.29) is 33.6 Å². The van der Waals surface area contributed by atoms with Gasteiger partial charge in [-0.1, -0.05) is 32.4 Å². The lowest BCUT2D eigenvalue weighted by Gasteiger charge is -2.37. The van der Waals surface area contributed by atoms with Crippen LogP contribution in [0.25, 0.3) is 0 Å². The number of ketones is 3. The molecule has 1 aromatic rings. The number of halogens is 1. The van der Waals surface area contributed by atoms with E-state index in [4.69, 9.17) is 16.3 Å². The van der Waals surface area contributed by atoms with Gasteiger partial charge in [0.15, 0.2) is 32.9 Å². The van der Waals surface area contributed by atoms with Crippen molar-refractivity contribution in [2.24, 2.45) is 17.3 Å². The first kappa shape index (κ1) is 20.6. The largest absolute Gasteiger partial charge is 0.494 e. The number of Topliss-reactive ketones (excluding diaryl/α,β-unsaturated/α-hetero) is 3. The van der Waals surface area contributed by atoms with E-state index < -0.39 is 38.5 Å². The van der Waals surface area contributed by atoms with Crippen LogP contribution in [0, 0.1) is 17.3 Å². The van der Waals surface area contributed by atoms with E-state index in [1.165, 1.54) is 19.2 Å². The maximum atomic E-state index is 12.9. The number of sulfone groups is 1. The van der Waals surface area contributed by atoms with Gasteiger partial charge in [-0.15, -0.1) is 0 Å². The molecule has 0 amide bonds. The highest BCUT2D eigenvalue weighted by atomic mass is 35.5. The van der Waals surface area contributed by atoms with Crippen LogP contribution in [0.2, 0.25) is 5.02 Å². The quantitative estimate of drug-likeness (QED) is 0.569. The van der Waals surface area contributed by atoms with Crippen LogP contribution < -0.4 is 4.74 Å². The monoisotopic (exact) mass is 400 g/mol. The maximum Gasteiger partial charge on any atom is 0.182 e. The van der Waals surface area contributed by atoms with Crippen LogP contribution in [0.3, 0.4) is 0 Å². The van der Waals surface area contributed by atoms with Crippen molar-refractivity contribution in [3.05, 3.63) is 22.7 Å². The van der Waals surface area contributed by atoms with Crippen molar-refractivity contribution in [1.82, 2.24) is 0 Å². The van der Waals surface area contributed by atoms with E-state index in [1.807, 2.05) is 0 Å². The Hall–Kier alpha value is -1.73. The second-order valence-corrected chi connectivity index (χ2v) is 9.55. The first-order valence-corrected chi connectivity index (χ1v) is 10.3. The zero-order chi connectivity index (χ0) is 20.0. The van der Waals surface area contributed by atoms with Gasteiger partial charge < -0.3 is 4.74 Å². The standard InChI is InChI=1S/C18H21ClO6S/c1-9-8-11(20)13(17(22)18(9,2)3)15(21)10-6-7-12(26(5,23)24)16(25-4)14(10)19/h6-7,9,13H,8H2,1-5H3. The number of carbonyl (C=O) groups excluding carboxylic acids is 3. The molecular weight excluding hydrogens is 380 g/mol. The molecule has 2 unspecified atom stereocenters. The number of benzene rings is 1. The molecule has 0 aliphatic heterocycles. The van der Waals surface area contributed by atoms with E-state index in [1.54, 1.807) is 20.8 Å². The minimum absolute atomic E-state index is 0.104. The molecule has 2 rings (SSSR count). The first-order valence-electron chi connectivity index (χ1n) is 8.01. The highest BCUT2D eigenvalue weighted by Crippen LogP contribution is 2.41. The molecule has 8 heteroatoms. The number of rotatable bonds is 4. The molecule has 26 heavy (non-hydrogen) atoms. The van der Waals surface area contributed by atoms with Crippen molar-refractivity contribution in [3.63, 3.8) is 0 Å². The molecule has 0 N–H and O–H groups in total. The Balaban J connectivity index is 2.57. The van der Waals surface area contributed by atoms with Crippen LogP contribution in [0.5, 0.6) is 5.75 Å². The summed E-state index contributed by atoms with van der Waals surface area (Å²) in [6.07, 6.45) is 1.10. The molecular formula is C18H21ClO6S. The summed E-state index contributed by atoms with van der Waals surface area (Å²) in [6.45, 7) is 5.22. The van der Waals surface area contributed by atoms with Crippen molar-refractivity contribution < 1.29 is 27.5 Å². The fourth-order valence-corrected chi connectivity index (χ4v) is 4.30. The Morgan fingerprint density at radius 1 is 1.27 bits per heavy atom. The van der Waals surface area contributed by atoms with Crippen LogP contribution in [0.1, 0.15) is 37.6 Å². The second kappa shape index (κ2) is 6.78. The number of hydrogen-bond acceptors (Lipinski definition) is 6. The first-order chi connectivity index (χ1) is 11.8. The topological polar surface area (TPSA) is 94.6 Å². The van der Waals surface area contributed by atoms with Crippen molar-refractivity contribution in [3.8, 4) is 5.75 Å². The van der Waals surface area contributed by atoms with E-state index in [9.17, 15) is 22.8 Å². The second-order valence-electron chi connectivity index (χ2n) is 7.19. The lowest BCUT2D eigenvalue weighted by Crippen LogP contribution is -2.49. The molecule has 0 radical (unpaired) electrons. The highest BCUT2D eigenvalue weighted by Gasteiger charge is 2.50. The van der Waals surface area contributed by atoms with Crippen molar-refractivity contribution >= 4 is 38.8 Å². The Morgan fingerprint density at radius 3 is 2.35 bits per heavy atom. The van der Waals surface area contributed by atoms with Crippen LogP contribution in [-0.2, 0) is 19.4 Å². The van der Waals surface area contributed by atoms with Gasteiger partial charge in [0, 0.05) is 23.7 Å². The predicted octanol–water partition coefficient (Wildman–Crippen LogP) is 2.76. The number of carbonyl (C=O) groups is 3. The third kappa shape index (κ3) is 3.30. The Morgan fingerprint density at radius 2 is 1.85 bits per heavy atom. The van der Waals surface area contributed by atoms with Crippen LogP contribution in [0.4, 0.5) is 0 Å². The summed E-state index contributed by atoms with van der Waals surface area (Å²) in [7, 11) is -2.41. The molecule has 0 aromatic heterocycles. The molecule has 1 aromatic carbocycles. The van der Waals surface area contributed by atoms with E-state index in [2.05, 4.69) is 0 Å². The lowest BCUT2D eigenvalue weighted by molar-refractivity contribution is -0.143. The normalized spacial score (nSPS) is 23.0. The predicted molar refractivity (Wildman–Crippen MR) is 96.5 cm³/mol. The SMILES string of the molecule is COc1c(S(C)(=O)=O)ccc(C(=O)C2C(=O)CC(C)C(C)(C)C2=O)c1Cl. The summed E-state index contributed by atoms with van der Waals surface area (Å²) in [4.78, 5) is 37.9. The third-order valence-corrected chi connectivity index (χ3v) is 6.65. The average Bonchev–Trinajstić information content (AvgIpc) is 2.52. The summed E-state index contributed by atoms with van der Waals surface area (Å²) in [5.41, 5.74) is -0.926. The van der Waals surface area contributed by atoms with E-state index >= 15 is 0 Å². The molecule has 0 heterocycles. The van der Waals surface area contributed by atoms with Gasteiger partial charge in [-0.25, -0.2) is 8.42 Å². The summed E-state index contributed by atoms with van der Waals surface area (Å²) in [5, 5.41) is -0.225. The van der Waals surface area contributed by atoms with E-state index in [0.717, 1.165) is 6.26 Å². The number of methoxy groups -OCH3 is 1. The van der Waals surface area contributed by atoms with Gasteiger partial charge in [0.05, 0.1) is 12.1 Å². The third-order valence-electron chi connectivity index (χ3n) is 5.15. The molecule has 1 aliphatic rings. The Bertz CT molecular complexity index is 901. The molecule has 1 aliphatic carbocycles. The number of hydrogen-bond donors (Lipinski definition) is 0. The minimum Gasteiger partial charge on any atom is -0.494 e. The Labute approximate surface area is 157 Å². The fraction of sp³-hybridized carbons (Fsp3) is 0.500. The summed E-state index contributed by atoms with van der Waals surface area (Å²) >= 11 is 6.20. The van der Waals surface area contributed by atoms with Crippen LogP contribution in [0.15, 0.2) is 17.0 Å². The molecule has 1 fully saturated rings. The van der Waals surface area contributed by atoms with E-state index in [0.29, 0.717) is 0 Å². The fourth-order valence-electron chi connectivity index (χ4n) is 3.07. The summed E-state index contributed by atoms with van der Waals surface area (Å²) in [6, 6.07) is 2.41. The highest BCUT2D eigenvalue weighted by molar-refractivity contribution is 7.90. The molecule has 142 valence electrons. The molecule has 0 bridgehead atoms. The van der Waals surface area contributed by atoms with Gasteiger partial charge in [0.25, 0.3) is 0 Å². The van der Waals surface area contributed by atoms with Crippen molar-refractivity contribution in [2.75, 3.05) is 13.4 Å². The molecule has 6 nitrogen and oxygen atoms in total. The minimum atomic E-state index is -3.64. The number of ether oxygens (including phenoxy) is 1. The lowest BCUT2D eigenvalue weighted by atomic mass is 9.63. The van der Waals surface area contributed by atoms with Gasteiger partial charge in [-0.3, -0.25) is 14.4 Å². The summed E-state index contributed by atoms with van der Waals surface area (Å²) < 4.78 is 28.7. The Kier molecular flexibility index (Phi) is 5.36. The van der Waals surface area contributed by atoms with Crippen LogP contribution >= 0.6 is 11.6 Å². The smallest absolute Gasteiger partial charge is 0.182 e. The molecule has 0 spiro atoms. The van der Waals surface area contributed by atoms with Crippen molar-refractivity contribution in [2.45, 2.75) is 32.1 Å². The van der Waals surface area contributed by atoms with Gasteiger partial charge >= 0.3 is 0 Å². The molecule has 0 saturated heterocycles. The molecule has 1 saturated carbocycles. The summed E-state index contributed by atoms with van der Waals surface area (Å²) in [5.74, 6) is -3.43. The van der Waals surface area contributed by atoms with Gasteiger partial charge in [-0.05, 0) is 18.1 Å². The van der Waals surface area contributed by atoms with Crippen LogP contribution in [-0.4, -0.2) is 39.1 Å². The average molecular weight is 401 g/mol. The molecule has 2 atom stereocenters. The van der Waals surface area contributed by atoms with Gasteiger partial charge in [0.2, 0.25) is 0 Å². The zero-order valence-electron chi connectivity index (χ0n) is 15.3. The zero-order valence-corrected chi connectivity index (χ0v) is 16.8.